The molecule has 11 heteroatoms. The summed E-state index contributed by atoms with van der Waals surface area (Å²) in [5.41, 5.74) is 2.37. The molecule has 0 spiro atoms. The minimum atomic E-state index is -3.71. The summed E-state index contributed by atoms with van der Waals surface area (Å²) >= 11 is 1.21. The third kappa shape index (κ3) is 4.89. The van der Waals surface area contributed by atoms with E-state index in [1.54, 1.807) is 36.0 Å². The van der Waals surface area contributed by atoms with Crippen LogP contribution in [0.5, 0.6) is 0 Å². The molecule has 0 atom stereocenters. The Hall–Kier alpha value is -4.09. The van der Waals surface area contributed by atoms with Crippen molar-refractivity contribution in [3.05, 3.63) is 84.6 Å². The molecule has 3 aromatic heterocycles. The monoisotopic (exact) mass is 475 g/mol. The van der Waals surface area contributed by atoms with Gasteiger partial charge < -0.3 is 10.6 Å². The number of aromatic nitrogens is 4. The Morgan fingerprint density at radius 3 is 2.48 bits per heavy atom. The molecule has 0 aliphatic carbocycles. The molecule has 0 saturated carbocycles. The zero-order valence-corrected chi connectivity index (χ0v) is 18.6. The van der Waals surface area contributed by atoms with Gasteiger partial charge in [-0.2, -0.15) is 4.98 Å². The molecule has 3 heterocycles. The largest absolute Gasteiger partial charge is 0.339 e. The van der Waals surface area contributed by atoms with Crippen molar-refractivity contribution in [1.29, 1.82) is 0 Å². The predicted molar refractivity (Wildman–Crippen MR) is 130 cm³/mol. The Kier molecular flexibility index (Phi) is 5.55. The highest BCUT2D eigenvalue weighted by molar-refractivity contribution is 7.93. The number of fused-ring (bicyclic) bond motifs is 1. The van der Waals surface area contributed by atoms with Gasteiger partial charge in [-0.1, -0.05) is 18.2 Å². The second-order valence-corrected chi connectivity index (χ2v) is 9.48. The lowest BCUT2D eigenvalue weighted by Gasteiger charge is -2.10. The van der Waals surface area contributed by atoms with Crippen LogP contribution in [-0.2, 0) is 10.0 Å². The van der Waals surface area contributed by atoms with Crippen LogP contribution in [0, 0.1) is 0 Å². The summed E-state index contributed by atoms with van der Waals surface area (Å²) < 4.78 is 27.4. The van der Waals surface area contributed by atoms with Gasteiger partial charge in [-0.05, 0) is 42.5 Å². The number of sulfonamides is 1. The van der Waals surface area contributed by atoms with Crippen molar-refractivity contribution in [3.8, 4) is 0 Å². The third-order valence-electron chi connectivity index (χ3n) is 4.59. The fraction of sp³-hybridized carbons (Fsp3) is 0. The second-order valence-electron chi connectivity index (χ2n) is 6.90. The minimum Gasteiger partial charge on any atom is -0.339 e. The maximum atomic E-state index is 12.5. The van der Waals surface area contributed by atoms with Gasteiger partial charge in [-0.15, -0.1) is 11.3 Å². The van der Waals surface area contributed by atoms with Gasteiger partial charge in [-0.25, -0.2) is 18.4 Å². The Bertz CT molecular complexity index is 1510. The molecule has 3 N–H and O–H groups in total. The normalized spacial score (nSPS) is 11.3. The van der Waals surface area contributed by atoms with E-state index >= 15 is 0 Å². The Balaban J connectivity index is 1.29. The lowest BCUT2D eigenvalue weighted by Crippen LogP contribution is -2.12. The molecule has 5 aromatic rings. The first-order chi connectivity index (χ1) is 16.0. The van der Waals surface area contributed by atoms with E-state index < -0.39 is 10.0 Å². The third-order valence-corrected chi connectivity index (χ3v) is 6.77. The van der Waals surface area contributed by atoms with Crippen LogP contribution >= 0.6 is 11.3 Å². The molecule has 164 valence electrons. The number of benzene rings is 2. The van der Waals surface area contributed by atoms with E-state index in [-0.39, 0.29) is 4.90 Å². The van der Waals surface area contributed by atoms with Gasteiger partial charge in [0, 0.05) is 28.8 Å². The molecule has 0 radical (unpaired) electrons. The summed E-state index contributed by atoms with van der Waals surface area (Å²) in [6, 6.07) is 17.9. The van der Waals surface area contributed by atoms with Crippen molar-refractivity contribution in [3.63, 3.8) is 0 Å². The van der Waals surface area contributed by atoms with Gasteiger partial charge in [0.15, 0.2) is 5.13 Å². The number of hydrogen-bond donors (Lipinski definition) is 3. The molecule has 5 rings (SSSR count). The molecule has 0 aliphatic heterocycles. The lowest BCUT2D eigenvalue weighted by atomic mass is 10.2. The van der Waals surface area contributed by atoms with Crippen LogP contribution in [0.1, 0.15) is 0 Å². The number of nitrogens with one attached hydrogen (secondary N) is 3. The van der Waals surface area contributed by atoms with Crippen LogP contribution in [0.15, 0.2) is 89.5 Å². The topological polar surface area (TPSA) is 122 Å². The minimum absolute atomic E-state index is 0.128. The molecular formula is C22H17N7O2S2. The van der Waals surface area contributed by atoms with Crippen LogP contribution in [0.3, 0.4) is 0 Å². The molecule has 33 heavy (non-hydrogen) atoms. The smallest absolute Gasteiger partial charge is 0.263 e. The zero-order valence-electron chi connectivity index (χ0n) is 17.0. The van der Waals surface area contributed by atoms with Gasteiger partial charge >= 0.3 is 0 Å². The van der Waals surface area contributed by atoms with E-state index in [1.807, 2.05) is 30.3 Å². The van der Waals surface area contributed by atoms with Crippen LogP contribution in [-0.4, -0.2) is 28.4 Å². The van der Waals surface area contributed by atoms with Crippen LogP contribution in [0.2, 0.25) is 0 Å². The zero-order chi connectivity index (χ0) is 22.7. The van der Waals surface area contributed by atoms with Crippen molar-refractivity contribution < 1.29 is 8.42 Å². The van der Waals surface area contributed by atoms with Crippen molar-refractivity contribution in [2.45, 2.75) is 4.90 Å². The van der Waals surface area contributed by atoms with Crippen molar-refractivity contribution in [1.82, 2.24) is 19.9 Å². The molecule has 9 nitrogen and oxygen atoms in total. The van der Waals surface area contributed by atoms with Gasteiger partial charge in [0.25, 0.3) is 10.0 Å². The number of para-hydroxylation sites is 1. The highest BCUT2D eigenvalue weighted by atomic mass is 32.2. The average Bonchev–Trinajstić information content (AvgIpc) is 3.32. The first-order valence-corrected chi connectivity index (χ1v) is 12.2. The number of nitrogens with zero attached hydrogens (tertiary/aromatic N) is 4. The Labute approximate surface area is 193 Å². The maximum Gasteiger partial charge on any atom is 0.263 e. The standard InChI is InChI=1S/C22H17N7O2S2/c30-33(31,29-22-24-11-12-32-22)18-7-5-16(6-8-18)27-21-23-10-9-20(28-21)26-17-13-15-3-1-2-4-19(15)25-14-17/h1-14H,(H,24,29)(H2,23,26,27,28). The van der Waals surface area contributed by atoms with Crippen molar-refractivity contribution >= 4 is 60.5 Å². The average molecular weight is 476 g/mol. The van der Waals surface area contributed by atoms with E-state index in [0.717, 1.165) is 16.6 Å². The van der Waals surface area contributed by atoms with Gasteiger partial charge in [0.1, 0.15) is 5.82 Å². The predicted octanol–water partition coefficient (Wildman–Crippen LogP) is 4.77. The van der Waals surface area contributed by atoms with E-state index in [1.165, 1.54) is 29.7 Å². The summed E-state index contributed by atoms with van der Waals surface area (Å²) in [6.45, 7) is 0. The summed E-state index contributed by atoms with van der Waals surface area (Å²) in [7, 11) is -3.71. The summed E-state index contributed by atoms with van der Waals surface area (Å²) in [5.74, 6) is 0.960. The molecule has 0 amide bonds. The van der Waals surface area contributed by atoms with E-state index in [0.29, 0.717) is 22.6 Å². The van der Waals surface area contributed by atoms with E-state index in [9.17, 15) is 8.42 Å². The molecule has 0 bridgehead atoms. The van der Waals surface area contributed by atoms with Crippen LogP contribution < -0.4 is 15.4 Å². The van der Waals surface area contributed by atoms with E-state index in [4.69, 9.17) is 0 Å². The number of anilines is 5. The lowest BCUT2D eigenvalue weighted by molar-refractivity contribution is 0.601. The highest BCUT2D eigenvalue weighted by Gasteiger charge is 2.15. The molecule has 0 unspecified atom stereocenters. The molecule has 0 aliphatic rings. The van der Waals surface area contributed by atoms with Gasteiger partial charge in [0.05, 0.1) is 22.3 Å². The van der Waals surface area contributed by atoms with Gasteiger partial charge in [-0.3, -0.25) is 9.71 Å². The van der Waals surface area contributed by atoms with Gasteiger partial charge in [0.2, 0.25) is 5.95 Å². The maximum absolute atomic E-state index is 12.5. The first-order valence-electron chi connectivity index (χ1n) is 9.79. The van der Waals surface area contributed by atoms with Crippen molar-refractivity contribution in [2.24, 2.45) is 0 Å². The SMILES string of the molecule is O=S(=O)(Nc1nccs1)c1ccc(Nc2nccc(Nc3cnc4ccccc4c3)n2)cc1. The second kappa shape index (κ2) is 8.81. The molecule has 0 fully saturated rings. The Morgan fingerprint density at radius 1 is 0.818 bits per heavy atom. The fourth-order valence-electron chi connectivity index (χ4n) is 3.07. The van der Waals surface area contributed by atoms with Crippen LogP contribution in [0.4, 0.5) is 28.3 Å². The fourth-order valence-corrected chi connectivity index (χ4v) is 4.86. The quantitative estimate of drug-likeness (QED) is 0.308. The summed E-state index contributed by atoms with van der Waals surface area (Å²) in [4.78, 5) is 17.2. The van der Waals surface area contributed by atoms with Crippen molar-refractivity contribution in [2.75, 3.05) is 15.4 Å². The number of rotatable bonds is 7. The number of hydrogen-bond acceptors (Lipinski definition) is 9. The number of thiazole rings is 1. The summed E-state index contributed by atoms with van der Waals surface area (Å²) in [6.07, 6.45) is 4.91. The van der Waals surface area contributed by atoms with E-state index in [2.05, 4.69) is 35.3 Å². The molecule has 0 saturated heterocycles. The number of pyridine rings is 1. The molecule has 2 aromatic carbocycles. The Morgan fingerprint density at radius 2 is 1.67 bits per heavy atom. The molecular weight excluding hydrogens is 458 g/mol. The summed E-state index contributed by atoms with van der Waals surface area (Å²) in [5, 5.41) is 9.34. The highest BCUT2D eigenvalue weighted by Crippen LogP contribution is 2.22. The van der Waals surface area contributed by atoms with Crippen LogP contribution in [0.25, 0.3) is 10.9 Å². The first kappa shape index (κ1) is 20.8.